The molecule has 1 fully saturated rings. The van der Waals surface area contributed by atoms with Crippen molar-refractivity contribution in [1.82, 2.24) is 4.90 Å². The Morgan fingerprint density at radius 2 is 2.07 bits per heavy atom. The van der Waals surface area contributed by atoms with E-state index in [0.717, 1.165) is 12.0 Å². The third-order valence-electron chi connectivity index (χ3n) is 5.37. The summed E-state index contributed by atoms with van der Waals surface area (Å²) in [5, 5.41) is 9.50. The molecule has 0 amide bonds. The van der Waals surface area contributed by atoms with Crippen LogP contribution in [0, 0.1) is 11.7 Å². The maximum atomic E-state index is 14.1. The van der Waals surface area contributed by atoms with Gasteiger partial charge in [0.15, 0.2) is 11.5 Å². The molecule has 2 aromatic carbocycles. The lowest BCUT2D eigenvalue weighted by atomic mass is 9.90. The van der Waals surface area contributed by atoms with Crippen LogP contribution in [0.2, 0.25) is 0 Å². The molecule has 2 atom stereocenters. The summed E-state index contributed by atoms with van der Waals surface area (Å²) in [6.45, 7) is 1.26. The molecular weight excluding hydrogens is 365 g/mol. The Morgan fingerprint density at radius 3 is 2.86 bits per heavy atom. The number of likely N-dealkylation sites (tertiary alicyclic amines) is 1. The number of fused-ring (bicyclic) bond motifs is 1. The number of carbonyl (C=O) groups is 1. The highest BCUT2D eigenvalue weighted by Gasteiger charge is 2.33. The number of rotatable bonds is 5. The topological polar surface area (TPSA) is 68.2 Å². The minimum Gasteiger partial charge on any atom is -0.496 e. The monoisotopic (exact) mass is 387 g/mol. The molecule has 0 saturated carbocycles. The van der Waals surface area contributed by atoms with Gasteiger partial charge in [-0.05, 0) is 55.3 Å². The molecule has 6 nitrogen and oxygen atoms in total. The van der Waals surface area contributed by atoms with Crippen molar-refractivity contribution in [1.29, 1.82) is 0 Å². The molecule has 0 bridgehead atoms. The first-order chi connectivity index (χ1) is 13.6. The second kappa shape index (κ2) is 7.67. The highest BCUT2D eigenvalue weighted by molar-refractivity contribution is 5.70. The van der Waals surface area contributed by atoms with E-state index in [1.54, 1.807) is 13.2 Å². The molecule has 2 unspecified atom stereocenters. The molecule has 7 heteroatoms. The minimum atomic E-state index is -0.805. The molecule has 4 rings (SSSR count). The Labute approximate surface area is 162 Å². The van der Waals surface area contributed by atoms with Gasteiger partial charge in [-0.2, -0.15) is 0 Å². The Balaban J connectivity index is 1.79. The van der Waals surface area contributed by atoms with Crippen LogP contribution in [0.1, 0.15) is 30.0 Å². The maximum absolute atomic E-state index is 14.1. The van der Waals surface area contributed by atoms with Crippen LogP contribution in [0.3, 0.4) is 0 Å². The van der Waals surface area contributed by atoms with Crippen molar-refractivity contribution < 1.29 is 28.5 Å². The highest BCUT2D eigenvalue weighted by atomic mass is 19.1. The van der Waals surface area contributed by atoms with Gasteiger partial charge in [-0.15, -0.1) is 0 Å². The summed E-state index contributed by atoms with van der Waals surface area (Å²) in [5.74, 6) is 0.223. The number of halogens is 1. The second-order valence-corrected chi connectivity index (χ2v) is 7.07. The number of piperidine rings is 1. The molecule has 2 aliphatic heterocycles. The third kappa shape index (κ3) is 3.49. The van der Waals surface area contributed by atoms with Crippen molar-refractivity contribution in [2.75, 3.05) is 27.0 Å². The number of carboxylic acids is 1. The Kier molecular flexibility index (Phi) is 5.09. The number of aliphatic carboxylic acids is 1. The molecule has 2 heterocycles. The van der Waals surface area contributed by atoms with E-state index in [-0.39, 0.29) is 18.7 Å². The van der Waals surface area contributed by atoms with Crippen molar-refractivity contribution in [2.45, 2.75) is 18.9 Å². The van der Waals surface area contributed by atoms with Crippen LogP contribution >= 0.6 is 0 Å². The van der Waals surface area contributed by atoms with Crippen LogP contribution in [0.25, 0.3) is 0 Å². The SMILES string of the molecule is COc1ccc(F)cc1C(c1ccc2c(c1)OCO2)N1CCCC(C(=O)O)C1. The summed E-state index contributed by atoms with van der Waals surface area (Å²) in [4.78, 5) is 13.7. The van der Waals surface area contributed by atoms with Crippen LogP contribution in [-0.4, -0.2) is 43.0 Å². The highest BCUT2D eigenvalue weighted by Crippen LogP contribution is 2.41. The number of hydrogen-bond acceptors (Lipinski definition) is 5. The van der Waals surface area contributed by atoms with E-state index in [9.17, 15) is 14.3 Å². The smallest absolute Gasteiger partial charge is 0.307 e. The maximum Gasteiger partial charge on any atom is 0.307 e. The fourth-order valence-electron chi connectivity index (χ4n) is 4.03. The predicted molar refractivity (Wildman–Crippen MR) is 99.3 cm³/mol. The number of carboxylic acid groups (broad SMARTS) is 1. The summed E-state index contributed by atoms with van der Waals surface area (Å²) in [6.07, 6.45) is 1.40. The van der Waals surface area contributed by atoms with Crippen LogP contribution in [0.4, 0.5) is 4.39 Å². The van der Waals surface area contributed by atoms with Gasteiger partial charge >= 0.3 is 5.97 Å². The molecule has 0 aromatic heterocycles. The largest absolute Gasteiger partial charge is 0.496 e. The second-order valence-electron chi connectivity index (χ2n) is 7.07. The molecule has 148 valence electrons. The third-order valence-corrected chi connectivity index (χ3v) is 5.37. The van der Waals surface area contributed by atoms with E-state index < -0.39 is 11.9 Å². The zero-order chi connectivity index (χ0) is 19.7. The molecule has 2 aromatic rings. The van der Waals surface area contributed by atoms with Crippen LogP contribution < -0.4 is 14.2 Å². The molecular formula is C21H22FNO5. The minimum absolute atomic E-state index is 0.164. The number of benzene rings is 2. The van der Waals surface area contributed by atoms with E-state index in [2.05, 4.69) is 4.90 Å². The van der Waals surface area contributed by atoms with Crippen molar-refractivity contribution in [3.63, 3.8) is 0 Å². The Morgan fingerprint density at radius 1 is 1.25 bits per heavy atom. The van der Waals surface area contributed by atoms with E-state index in [4.69, 9.17) is 14.2 Å². The molecule has 0 spiro atoms. The van der Waals surface area contributed by atoms with Crippen molar-refractivity contribution in [3.8, 4) is 17.2 Å². The van der Waals surface area contributed by atoms with Gasteiger partial charge in [0.05, 0.1) is 19.1 Å². The lowest BCUT2D eigenvalue weighted by Crippen LogP contribution is -2.41. The Hall–Kier alpha value is -2.80. The van der Waals surface area contributed by atoms with Crippen molar-refractivity contribution in [2.24, 2.45) is 5.92 Å². The molecule has 2 aliphatic rings. The number of methoxy groups -OCH3 is 1. The lowest BCUT2D eigenvalue weighted by Gasteiger charge is -2.38. The standard InChI is InChI=1S/C21H22FNO5/c1-26-17-7-5-15(22)10-16(17)20(23-8-2-3-14(11-23)21(24)25)13-4-6-18-19(9-13)28-12-27-18/h4-7,9-10,14,20H,2-3,8,11-12H2,1H3,(H,24,25). The first kappa shape index (κ1) is 18.6. The quantitative estimate of drug-likeness (QED) is 0.848. The summed E-state index contributed by atoms with van der Waals surface area (Å²) in [5.41, 5.74) is 1.53. The molecule has 28 heavy (non-hydrogen) atoms. The van der Waals surface area contributed by atoms with Gasteiger partial charge in [0.2, 0.25) is 6.79 Å². The average Bonchev–Trinajstić information content (AvgIpc) is 3.17. The van der Waals surface area contributed by atoms with E-state index in [0.29, 0.717) is 42.3 Å². The van der Waals surface area contributed by atoms with Crippen LogP contribution in [0.5, 0.6) is 17.2 Å². The fraction of sp³-hybridized carbons (Fsp3) is 0.381. The Bertz CT molecular complexity index is 887. The van der Waals surface area contributed by atoms with Gasteiger partial charge in [-0.3, -0.25) is 9.69 Å². The van der Waals surface area contributed by atoms with Gasteiger partial charge in [0, 0.05) is 12.1 Å². The van der Waals surface area contributed by atoms with Gasteiger partial charge in [-0.25, -0.2) is 4.39 Å². The number of hydrogen-bond donors (Lipinski definition) is 1. The van der Waals surface area contributed by atoms with E-state index in [1.165, 1.54) is 12.1 Å². The molecule has 1 N–H and O–H groups in total. The molecule has 0 aliphatic carbocycles. The van der Waals surface area contributed by atoms with Gasteiger partial charge < -0.3 is 19.3 Å². The summed E-state index contributed by atoms with van der Waals surface area (Å²) >= 11 is 0. The normalized spacial score (nSPS) is 20.0. The van der Waals surface area contributed by atoms with Gasteiger partial charge in [0.25, 0.3) is 0 Å². The first-order valence-electron chi connectivity index (χ1n) is 9.26. The summed E-state index contributed by atoms with van der Waals surface area (Å²) < 4.78 is 30.5. The van der Waals surface area contributed by atoms with Crippen molar-refractivity contribution >= 4 is 5.97 Å². The fourth-order valence-corrected chi connectivity index (χ4v) is 4.03. The predicted octanol–water partition coefficient (Wildman–Crippen LogP) is 3.45. The van der Waals surface area contributed by atoms with Crippen LogP contribution in [-0.2, 0) is 4.79 Å². The summed E-state index contributed by atoms with van der Waals surface area (Å²) in [7, 11) is 1.55. The van der Waals surface area contributed by atoms with E-state index >= 15 is 0 Å². The number of ether oxygens (including phenoxy) is 3. The molecule has 1 saturated heterocycles. The zero-order valence-electron chi connectivity index (χ0n) is 15.6. The van der Waals surface area contributed by atoms with E-state index in [1.807, 2.05) is 18.2 Å². The van der Waals surface area contributed by atoms with Gasteiger partial charge in [-0.1, -0.05) is 6.07 Å². The lowest BCUT2D eigenvalue weighted by molar-refractivity contribution is -0.143. The molecule has 0 radical (unpaired) electrons. The van der Waals surface area contributed by atoms with Gasteiger partial charge in [0.1, 0.15) is 11.6 Å². The van der Waals surface area contributed by atoms with Crippen LogP contribution in [0.15, 0.2) is 36.4 Å². The average molecular weight is 387 g/mol. The summed E-state index contributed by atoms with van der Waals surface area (Å²) in [6, 6.07) is 9.67. The zero-order valence-corrected chi connectivity index (χ0v) is 15.6. The van der Waals surface area contributed by atoms with Crippen molar-refractivity contribution in [3.05, 3.63) is 53.3 Å². The number of nitrogens with zero attached hydrogens (tertiary/aromatic N) is 1. The first-order valence-corrected chi connectivity index (χ1v) is 9.26.